The number of amides is 1. The molecule has 0 aliphatic carbocycles. The molecule has 0 unspecified atom stereocenters. The van der Waals surface area contributed by atoms with Crippen LogP contribution in [-0.2, 0) is 4.79 Å². The van der Waals surface area contributed by atoms with Gasteiger partial charge in [0.1, 0.15) is 17.4 Å². The van der Waals surface area contributed by atoms with E-state index >= 15 is 0 Å². The van der Waals surface area contributed by atoms with Gasteiger partial charge < -0.3 is 19.9 Å². The minimum absolute atomic E-state index is 0.126. The maximum Gasteiger partial charge on any atom is 0.227 e. The van der Waals surface area contributed by atoms with Gasteiger partial charge in [0.05, 0.1) is 6.61 Å². The van der Waals surface area contributed by atoms with Gasteiger partial charge in [-0.05, 0) is 41.8 Å². The molecule has 2 fully saturated rings. The van der Waals surface area contributed by atoms with Crippen molar-refractivity contribution in [2.45, 2.75) is 33.6 Å². The van der Waals surface area contributed by atoms with Gasteiger partial charge in [0.2, 0.25) is 11.9 Å². The maximum absolute atomic E-state index is 11.4. The van der Waals surface area contributed by atoms with Crippen molar-refractivity contribution in [3.8, 4) is 5.75 Å². The Balaban J connectivity index is 1.27. The molecular weight excluding hydrogens is 428 g/mol. The van der Waals surface area contributed by atoms with Crippen LogP contribution in [0.3, 0.4) is 0 Å². The maximum atomic E-state index is 11.4. The highest BCUT2D eigenvalue weighted by Crippen LogP contribution is 2.31. The number of ether oxygens (including phenoxy) is 1. The second-order valence-corrected chi connectivity index (χ2v) is 10.2. The fraction of sp³-hybridized carbons (Fsp3) is 0.462. The molecule has 178 valence electrons. The SMILES string of the molecule is CC(=O)N1CC(COc2cccc3cc(Nc4ccnc(N5CCCC(C)(C)C5)n4)ncc23)C1. The minimum atomic E-state index is 0.126. The van der Waals surface area contributed by atoms with Gasteiger partial charge in [0.15, 0.2) is 0 Å². The predicted molar refractivity (Wildman–Crippen MR) is 134 cm³/mol. The molecule has 2 aliphatic heterocycles. The van der Waals surface area contributed by atoms with E-state index in [-0.39, 0.29) is 11.3 Å². The van der Waals surface area contributed by atoms with Gasteiger partial charge in [0.25, 0.3) is 0 Å². The van der Waals surface area contributed by atoms with E-state index in [0.29, 0.717) is 12.5 Å². The summed E-state index contributed by atoms with van der Waals surface area (Å²) in [4.78, 5) is 29.3. The summed E-state index contributed by atoms with van der Waals surface area (Å²) < 4.78 is 6.08. The first kappa shape index (κ1) is 22.4. The molecule has 8 nitrogen and oxygen atoms in total. The summed E-state index contributed by atoms with van der Waals surface area (Å²) in [5.74, 6) is 3.53. The van der Waals surface area contributed by atoms with Crippen molar-refractivity contribution >= 4 is 34.3 Å². The lowest BCUT2D eigenvalue weighted by atomic mass is 9.84. The number of aromatic nitrogens is 3. The van der Waals surface area contributed by atoms with Gasteiger partial charge in [-0.15, -0.1) is 0 Å². The molecule has 2 saturated heterocycles. The summed E-state index contributed by atoms with van der Waals surface area (Å²) in [7, 11) is 0. The number of likely N-dealkylation sites (tertiary alicyclic amines) is 1. The highest BCUT2D eigenvalue weighted by atomic mass is 16.5. The number of piperidine rings is 1. The van der Waals surface area contributed by atoms with Gasteiger partial charge in [0, 0.05) is 56.8 Å². The van der Waals surface area contributed by atoms with E-state index in [9.17, 15) is 4.79 Å². The van der Waals surface area contributed by atoms with Crippen LogP contribution < -0.4 is 15.0 Å². The third-order valence-corrected chi connectivity index (χ3v) is 6.68. The number of benzene rings is 1. The Morgan fingerprint density at radius 1 is 1.21 bits per heavy atom. The average Bonchev–Trinajstić information content (AvgIpc) is 2.77. The molecule has 5 rings (SSSR count). The second kappa shape index (κ2) is 9.08. The van der Waals surface area contributed by atoms with Gasteiger partial charge in [-0.3, -0.25) is 4.79 Å². The van der Waals surface area contributed by atoms with Crippen LogP contribution in [0.1, 0.15) is 33.6 Å². The molecule has 1 N–H and O–H groups in total. The van der Waals surface area contributed by atoms with Crippen LogP contribution in [0.15, 0.2) is 42.7 Å². The van der Waals surface area contributed by atoms with E-state index < -0.39 is 0 Å². The molecule has 1 amide bonds. The number of pyridine rings is 1. The Bertz CT molecular complexity index is 1190. The number of hydrogen-bond acceptors (Lipinski definition) is 7. The zero-order chi connectivity index (χ0) is 23.7. The molecule has 0 radical (unpaired) electrons. The second-order valence-electron chi connectivity index (χ2n) is 10.2. The lowest BCUT2D eigenvalue weighted by molar-refractivity contribution is -0.135. The van der Waals surface area contributed by atoms with Crippen LogP contribution in [-0.4, -0.2) is 58.5 Å². The normalized spacial score (nSPS) is 18.0. The summed E-state index contributed by atoms with van der Waals surface area (Å²) in [6, 6.07) is 9.89. The number of hydrogen-bond donors (Lipinski definition) is 1. The molecule has 0 atom stereocenters. The Kier molecular flexibility index (Phi) is 5.98. The quantitative estimate of drug-likeness (QED) is 0.589. The number of nitrogens with zero attached hydrogens (tertiary/aromatic N) is 5. The highest BCUT2D eigenvalue weighted by Gasteiger charge is 2.29. The zero-order valence-electron chi connectivity index (χ0n) is 20.1. The highest BCUT2D eigenvalue weighted by molar-refractivity contribution is 5.89. The zero-order valence-corrected chi connectivity index (χ0v) is 20.1. The van der Waals surface area contributed by atoms with Crippen molar-refractivity contribution in [2.24, 2.45) is 11.3 Å². The molecule has 0 spiro atoms. The monoisotopic (exact) mass is 460 g/mol. The molecule has 2 aliphatic rings. The summed E-state index contributed by atoms with van der Waals surface area (Å²) in [6.45, 7) is 10.3. The summed E-state index contributed by atoms with van der Waals surface area (Å²) in [5, 5.41) is 5.34. The number of fused-ring (bicyclic) bond motifs is 1. The average molecular weight is 461 g/mol. The van der Waals surface area contributed by atoms with Crippen molar-refractivity contribution in [1.82, 2.24) is 19.9 Å². The molecule has 0 saturated carbocycles. The molecule has 8 heteroatoms. The smallest absolute Gasteiger partial charge is 0.227 e. The van der Waals surface area contributed by atoms with Crippen molar-refractivity contribution < 1.29 is 9.53 Å². The lowest BCUT2D eigenvalue weighted by Gasteiger charge is -2.38. The van der Waals surface area contributed by atoms with Gasteiger partial charge in [-0.25, -0.2) is 9.97 Å². The first-order chi connectivity index (χ1) is 16.4. The van der Waals surface area contributed by atoms with Crippen molar-refractivity contribution in [3.63, 3.8) is 0 Å². The van der Waals surface area contributed by atoms with E-state index in [2.05, 4.69) is 40.1 Å². The number of nitrogens with one attached hydrogen (secondary N) is 1. The Morgan fingerprint density at radius 3 is 2.85 bits per heavy atom. The fourth-order valence-corrected chi connectivity index (χ4v) is 4.77. The Labute approximate surface area is 200 Å². The van der Waals surface area contributed by atoms with Crippen LogP contribution in [0.4, 0.5) is 17.6 Å². The van der Waals surface area contributed by atoms with Crippen molar-refractivity contribution in [3.05, 3.63) is 42.7 Å². The molecule has 3 aromatic rings. The van der Waals surface area contributed by atoms with Crippen LogP contribution in [0, 0.1) is 11.3 Å². The molecule has 1 aromatic carbocycles. The largest absolute Gasteiger partial charge is 0.492 e. The van der Waals surface area contributed by atoms with E-state index in [1.54, 1.807) is 13.1 Å². The van der Waals surface area contributed by atoms with Crippen LogP contribution in [0.25, 0.3) is 10.8 Å². The topological polar surface area (TPSA) is 83.5 Å². The number of rotatable bonds is 6. The van der Waals surface area contributed by atoms with E-state index in [0.717, 1.165) is 66.7 Å². The summed E-state index contributed by atoms with van der Waals surface area (Å²) >= 11 is 0. The van der Waals surface area contributed by atoms with E-state index in [4.69, 9.17) is 9.72 Å². The Morgan fingerprint density at radius 2 is 2.06 bits per heavy atom. The molecule has 4 heterocycles. The van der Waals surface area contributed by atoms with Gasteiger partial charge in [-0.1, -0.05) is 26.0 Å². The summed E-state index contributed by atoms with van der Waals surface area (Å²) in [6.07, 6.45) is 6.02. The number of carbonyl (C=O) groups is 1. The minimum Gasteiger partial charge on any atom is -0.492 e. The van der Waals surface area contributed by atoms with Crippen molar-refractivity contribution in [2.75, 3.05) is 43.0 Å². The standard InChI is InChI=1S/C26H32N6O2/c1-18(33)32-14-19(15-32)16-34-22-7-4-6-20-12-24(28-13-21(20)22)29-23-8-10-27-25(30-23)31-11-5-9-26(2,3)17-31/h4,6-8,10,12-13,19H,5,9,11,14-17H2,1-3H3,(H,27,28,29,30). The predicted octanol–water partition coefficient (Wildman–Crippen LogP) is 4.25. The van der Waals surface area contributed by atoms with Crippen LogP contribution >= 0.6 is 0 Å². The van der Waals surface area contributed by atoms with Crippen molar-refractivity contribution in [1.29, 1.82) is 0 Å². The molecule has 0 bridgehead atoms. The third-order valence-electron chi connectivity index (χ3n) is 6.68. The van der Waals surface area contributed by atoms with Crippen LogP contribution in [0.5, 0.6) is 5.75 Å². The number of anilines is 3. The van der Waals surface area contributed by atoms with Gasteiger partial charge in [-0.2, -0.15) is 4.98 Å². The fourth-order valence-electron chi connectivity index (χ4n) is 4.77. The lowest BCUT2D eigenvalue weighted by Crippen LogP contribution is -2.51. The van der Waals surface area contributed by atoms with E-state index in [1.807, 2.05) is 35.4 Å². The third kappa shape index (κ3) is 4.90. The molecule has 2 aromatic heterocycles. The Hall–Kier alpha value is -3.42. The van der Waals surface area contributed by atoms with Gasteiger partial charge >= 0.3 is 0 Å². The first-order valence-electron chi connectivity index (χ1n) is 12.0. The van der Waals surface area contributed by atoms with E-state index in [1.165, 1.54) is 6.42 Å². The van der Waals surface area contributed by atoms with Crippen LogP contribution in [0.2, 0.25) is 0 Å². The summed E-state index contributed by atoms with van der Waals surface area (Å²) in [5.41, 5.74) is 0.274. The number of carbonyl (C=O) groups excluding carboxylic acids is 1. The molecular formula is C26H32N6O2. The molecule has 34 heavy (non-hydrogen) atoms. The first-order valence-corrected chi connectivity index (χ1v) is 12.0.